The third-order valence-corrected chi connectivity index (χ3v) is 5.19. The van der Waals surface area contributed by atoms with Gasteiger partial charge in [0.1, 0.15) is 11.3 Å². The molecule has 9 nitrogen and oxygen atoms in total. The van der Waals surface area contributed by atoms with E-state index in [1.165, 1.54) is 14.2 Å². The van der Waals surface area contributed by atoms with E-state index in [4.69, 9.17) is 4.74 Å². The van der Waals surface area contributed by atoms with Crippen molar-refractivity contribution in [3.63, 3.8) is 0 Å². The van der Waals surface area contributed by atoms with Crippen LogP contribution in [0.5, 0.6) is 5.75 Å². The lowest BCUT2D eigenvalue weighted by Crippen LogP contribution is -2.30. The molecule has 0 saturated carbocycles. The summed E-state index contributed by atoms with van der Waals surface area (Å²) in [6, 6.07) is 9.31. The van der Waals surface area contributed by atoms with Crippen LogP contribution in [-0.2, 0) is 14.3 Å². The Bertz CT molecular complexity index is 943. The molecule has 2 aromatic rings. The van der Waals surface area contributed by atoms with Crippen LogP contribution in [0, 0.1) is 5.92 Å². The molecule has 1 fully saturated rings. The molecule has 1 aliphatic heterocycles. The Morgan fingerprint density at radius 3 is 2.59 bits per heavy atom. The zero-order valence-corrected chi connectivity index (χ0v) is 16.1. The molecule has 0 radical (unpaired) electrons. The largest absolute Gasteiger partial charge is 0.506 e. The van der Waals surface area contributed by atoms with Crippen molar-refractivity contribution in [1.82, 2.24) is 15.8 Å². The highest BCUT2D eigenvalue weighted by Gasteiger charge is 2.40. The number of methoxy groups -OCH3 is 2. The summed E-state index contributed by atoms with van der Waals surface area (Å²) < 4.78 is 9.49. The Balaban J connectivity index is 2.10. The first-order chi connectivity index (χ1) is 14.0. The maximum absolute atomic E-state index is 12.7. The van der Waals surface area contributed by atoms with E-state index >= 15 is 0 Å². The summed E-state index contributed by atoms with van der Waals surface area (Å²) in [5.74, 6) is -2.82. The van der Waals surface area contributed by atoms with Crippen LogP contribution in [0.3, 0.4) is 0 Å². The Labute approximate surface area is 167 Å². The molecular formula is C20H23N3O6. The minimum Gasteiger partial charge on any atom is -0.506 e. The summed E-state index contributed by atoms with van der Waals surface area (Å²) in [4.78, 5) is 39.2. The number of benzene rings is 1. The number of aromatic nitrogens is 1. The van der Waals surface area contributed by atoms with Crippen LogP contribution >= 0.6 is 0 Å². The van der Waals surface area contributed by atoms with Gasteiger partial charge in [-0.25, -0.2) is 10.2 Å². The third kappa shape index (κ3) is 4.15. The molecule has 3 unspecified atom stereocenters. The van der Waals surface area contributed by atoms with Crippen LogP contribution in [-0.4, -0.2) is 42.8 Å². The Hall–Kier alpha value is -3.17. The van der Waals surface area contributed by atoms with Gasteiger partial charge in [0.2, 0.25) is 0 Å². The highest BCUT2D eigenvalue weighted by Crippen LogP contribution is 2.41. The minimum atomic E-state index is -0.793. The fourth-order valence-corrected chi connectivity index (χ4v) is 3.75. The highest BCUT2D eigenvalue weighted by molar-refractivity contribution is 5.92. The molecular weight excluding hydrogens is 378 g/mol. The number of aromatic hydroxyl groups is 1. The standard InChI is InChI=1S/C20H23N3O6/c1-28-15(24)8-12(13-10-22-23-17(13)11-6-4-3-5-7-11)16-18(25)14(20(27)29-2)9-21-19(16)26/h3-7,9,12-13,17,22-23H,8,10H2,1-2H3,(H2,21,25,26). The van der Waals surface area contributed by atoms with Gasteiger partial charge in [-0.2, -0.15) is 0 Å². The number of hydrogen-bond donors (Lipinski definition) is 4. The van der Waals surface area contributed by atoms with Gasteiger partial charge >= 0.3 is 11.9 Å². The average molecular weight is 401 g/mol. The van der Waals surface area contributed by atoms with E-state index in [1.807, 2.05) is 30.3 Å². The summed E-state index contributed by atoms with van der Waals surface area (Å²) in [6.45, 7) is 0.433. The lowest BCUT2D eigenvalue weighted by atomic mass is 9.78. The van der Waals surface area contributed by atoms with Gasteiger partial charge in [-0.1, -0.05) is 30.3 Å². The number of hydrazine groups is 1. The quantitative estimate of drug-likeness (QED) is 0.527. The van der Waals surface area contributed by atoms with Crippen LogP contribution in [0.15, 0.2) is 41.3 Å². The van der Waals surface area contributed by atoms with E-state index < -0.39 is 29.2 Å². The Morgan fingerprint density at radius 1 is 1.21 bits per heavy atom. The van der Waals surface area contributed by atoms with E-state index in [2.05, 4.69) is 20.6 Å². The number of aromatic amines is 1. The molecule has 0 aliphatic carbocycles. The predicted molar refractivity (Wildman–Crippen MR) is 103 cm³/mol. The second-order valence-electron chi connectivity index (χ2n) is 6.75. The summed E-state index contributed by atoms with van der Waals surface area (Å²) >= 11 is 0. The van der Waals surface area contributed by atoms with Crippen molar-refractivity contribution < 1.29 is 24.2 Å². The molecule has 1 aromatic heterocycles. The van der Waals surface area contributed by atoms with Gasteiger partial charge in [-0.3, -0.25) is 15.0 Å². The van der Waals surface area contributed by atoms with Crippen LogP contribution in [0.2, 0.25) is 0 Å². The maximum Gasteiger partial charge on any atom is 0.343 e. The first-order valence-corrected chi connectivity index (χ1v) is 9.11. The second kappa shape index (κ2) is 8.89. The Kier molecular flexibility index (Phi) is 6.30. The molecule has 29 heavy (non-hydrogen) atoms. The number of pyridine rings is 1. The van der Waals surface area contributed by atoms with Gasteiger partial charge in [0.05, 0.1) is 32.2 Å². The molecule has 154 valence electrons. The molecule has 0 bridgehead atoms. The fourth-order valence-electron chi connectivity index (χ4n) is 3.75. The van der Waals surface area contributed by atoms with E-state index in [1.54, 1.807) is 0 Å². The number of nitrogens with one attached hydrogen (secondary N) is 3. The summed E-state index contributed by atoms with van der Waals surface area (Å²) in [5.41, 5.74) is 6.38. The van der Waals surface area contributed by atoms with Gasteiger partial charge in [0.15, 0.2) is 0 Å². The van der Waals surface area contributed by atoms with Gasteiger partial charge in [0, 0.05) is 24.6 Å². The number of carbonyl (C=O) groups is 2. The molecule has 0 amide bonds. The smallest absolute Gasteiger partial charge is 0.343 e. The molecule has 3 rings (SSSR count). The van der Waals surface area contributed by atoms with E-state index in [9.17, 15) is 19.5 Å². The zero-order chi connectivity index (χ0) is 21.0. The van der Waals surface area contributed by atoms with Gasteiger partial charge < -0.3 is 19.6 Å². The average Bonchev–Trinajstić information content (AvgIpc) is 3.22. The van der Waals surface area contributed by atoms with Crippen LogP contribution in [0.4, 0.5) is 0 Å². The van der Waals surface area contributed by atoms with Crippen LogP contribution in [0.1, 0.15) is 39.9 Å². The molecule has 3 atom stereocenters. The normalized spacial score (nSPS) is 19.5. The van der Waals surface area contributed by atoms with E-state index in [-0.39, 0.29) is 29.5 Å². The summed E-state index contributed by atoms with van der Waals surface area (Å²) in [5, 5.41) is 10.7. The number of hydrogen-bond acceptors (Lipinski definition) is 8. The molecule has 0 spiro atoms. The summed E-state index contributed by atoms with van der Waals surface area (Å²) in [7, 11) is 2.43. The van der Waals surface area contributed by atoms with Gasteiger partial charge in [0.25, 0.3) is 5.56 Å². The SMILES string of the molecule is COC(=O)CC(c1c(O)c(C(=O)OC)c[nH]c1=O)C1CNNC1c1ccccc1. The first-order valence-electron chi connectivity index (χ1n) is 9.11. The highest BCUT2D eigenvalue weighted by atomic mass is 16.5. The van der Waals surface area contributed by atoms with Gasteiger partial charge in [-0.05, 0) is 5.56 Å². The predicted octanol–water partition coefficient (Wildman–Crippen LogP) is 0.979. The number of esters is 2. The van der Waals surface area contributed by atoms with Crippen molar-refractivity contribution in [2.75, 3.05) is 20.8 Å². The molecule has 1 saturated heterocycles. The van der Waals surface area contributed by atoms with Crippen molar-refractivity contribution in [2.24, 2.45) is 5.92 Å². The fraction of sp³-hybridized carbons (Fsp3) is 0.350. The number of rotatable bonds is 6. The van der Waals surface area contributed by atoms with Gasteiger partial charge in [-0.15, -0.1) is 0 Å². The monoisotopic (exact) mass is 401 g/mol. The molecule has 9 heteroatoms. The molecule has 2 heterocycles. The topological polar surface area (TPSA) is 130 Å². The number of H-pyrrole nitrogens is 1. The van der Waals surface area contributed by atoms with E-state index in [0.29, 0.717) is 6.54 Å². The first kappa shape index (κ1) is 20.6. The second-order valence-corrected chi connectivity index (χ2v) is 6.75. The third-order valence-electron chi connectivity index (χ3n) is 5.19. The van der Waals surface area contributed by atoms with Crippen LogP contribution < -0.4 is 16.4 Å². The molecule has 4 N–H and O–H groups in total. The number of carbonyl (C=O) groups excluding carboxylic acids is 2. The van der Waals surface area contributed by atoms with Crippen molar-refractivity contribution >= 4 is 11.9 Å². The zero-order valence-electron chi connectivity index (χ0n) is 16.1. The summed E-state index contributed by atoms with van der Waals surface area (Å²) in [6.07, 6.45) is 0.956. The van der Waals surface area contributed by atoms with E-state index in [0.717, 1.165) is 11.8 Å². The maximum atomic E-state index is 12.7. The molecule has 1 aliphatic rings. The van der Waals surface area contributed by atoms with Crippen molar-refractivity contribution in [2.45, 2.75) is 18.4 Å². The van der Waals surface area contributed by atoms with Crippen molar-refractivity contribution in [3.05, 3.63) is 63.6 Å². The lowest BCUT2D eigenvalue weighted by molar-refractivity contribution is -0.141. The number of ether oxygens (including phenoxy) is 2. The van der Waals surface area contributed by atoms with Crippen LogP contribution in [0.25, 0.3) is 0 Å². The van der Waals surface area contributed by atoms with Crippen molar-refractivity contribution in [3.8, 4) is 5.75 Å². The molecule has 1 aromatic carbocycles. The minimum absolute atomic E-state index is 0.0465. The van der Waals surface area contributed by atoms with Crippen molar-refractivity contribution in [1.29, 1.82) is 0 Å². The Morgan fingerprint density at radius 2 is 1.93 bits per heavy atom. The lowest BCUT2D eigenvalue weighted by Gasteiger charge is -2.27.